The number of carbonyl (C=O) groups is 1. The molecule has 0 bridgehead atoms. The van der Waals surface area contributed by atoms with Crippen LogP contribution in [0.4, 0.5) is 8.78 Å². The maximum atomic E-state index is 13.6. The van der Waals surface area contributed by atoms with Gasteiger partial charge in [0.2, 0.25) is 0 Å². The Labute approximate surface area is 196 Å². The lowest BCUT2D eigenvalue weighted by Gasteiger charge is -2.25. The second-order valence-electron chi connectivity index (χ2n) is 7.76. The number of nitrogens with two attached hydrogens (primary N) is 1. The second kappa shape index (κ2) is 11.8. The molecule has 3 N–H and O–H groups in total. The summed E-state index contributed by atoms with van der Waals surface area (Å²) in [6.45, 7) is 2.88. The molecular formula is C25H26ClF2N3O2. The highest BCUT2D eigenvalue weighted by molar-refractivity contribution is 6.29. The van der Waals surface area contributed by atoms with Crippen molar-refractivity contribution in [2.24, 2.45) is 5.73 Å². The zero-order valence-corrected chi connectivity index (χ0v) is 19.0. The standard InChI is InChI=1S/C25H26ClF2N3O2/c1-2-16-4-3-5-17(8-16)13-30-15-23(33-25(32)19-6-7-24(26)31-14-19)22(29)11-18-9-20(27)12-21(28)10-18/h3-10,12,14,22-23,30H,2,11,13,15,29H2,1H3. The Morgan fingerprint density at radius 1 is 1.09 bits per heavy atom. The van der Waals surface area contributed by atoms with Gasteiger partial charge in [0.05, 0.1) is 5.56 Å². The largest absolute Gasteiger partial charge is 0.456 e. The third-order valence-corrected chi connectivity index (χ3v) is 5.39. The van der Waals surface area contributed by atoms with Crippen LogP contribution in [0.2, 0.25) is 5.15 Å². The number of hydrogen-bond donors (Lipinski definition) is 2. The van der Waals surface area contributed by atoms with E-state index >= 15 is 0 Å². The van der Waals surface area contributed by atoms with E-state index in [1.54, 1.807) is 0 Å². The fraction of sp³-hybridized carbons (Fsp3) is 0.280. The van der Waals surface area contributed by atoms with Crippen LogP contribution in [0.25, 0.3) is 0 Å². The van der Waals surface area contributed by atoms with Gasteiger partial charge in [0, 0.05) is 31.4 Å². The van der Waals surface area contributed by atoms with Crippen LogP contribution in [0.3, 0.4) is 0 Å². The van der Waals surface area contributed by atoms with E-state index in [-0.39, 0.29) is 23.7 Å². The first-order chi connectivity index (χ1) is 15.8. The summed E-state index contributed by atoms with van der Waals surface area (Å²) in [4.78, 5) is 16.5. The maximum Gasteiger partial charge on any atom is 0.340 e. The van der Waals surface area contributed by atoms with Crippen LogP contribution in [0.5, 0.6) is 0 Å². The van der Waals surface area contributed by atoms with Gasteiger partial charge in [-0.1, -0.05) is 42.8 Å². The van der Waals surface area contributed by atoms with Gasteiger partial charge in [-0.3, -0.25) is 0 Å². The van der Waals surface area contributed by atoms with Gasteiger partial charge in [0.1, 0.15) is 22.9 Å². The minimum absolute atomic E-state index is 0.124. The van der Waals surface area contributed by atoms with Crippen LogP contribution in [0.15, 0.2) is 60.8 Å². The Morgan fingerprint density at radius 2 is 1.82 bits per heavy atom. The van der Waals surface area contributed by atoms with Gasteiger partial charge in [-0.05, 0) is 53.8 Å². The molecule has 0 fully saturated rings. The molecule has 0 radical (unpaired) electrons. The first kappa shape index (κ1) is 24.8. The van der Waals surface area contributed by atoms with E-state index in [9.17, 15) is 13.6 Å². The van der Waals surface area contributed by atoms with Gasteiger partial charge in [0.25, 0.3) is 0 Å². The topological polar surface area (TPSA) is 77.2 Å². The first-order valence-electron chi connectivity index (χ1n) is 10.7. The molecule has 33 heavy (non-hydrogen) atoms. The third kappa shape index (κ3) is 7.60. The summed E-state index contributed by atoms with van der Waals surface area (Å²) < 4.78 is 32.9. The quantitative estimate of drug-likeness (QED) is 0.336. The van der Waals surface area contributed by atoms with Gasteiger partial charge in [-0.2, -0.15) is 0 Å². The molecular weight excluding hydrogens is 448 g/mol. The molecule has 0 aliphatic carbocycles. The molecule has 2 atom stereocenters. The van der Waals surface area contributed by atoms with E-state index < -0.39 is 29.7 Å². The second-order valence-corrected chi connectivity index (χ2v) is 8.15. The maximum absolute atomic E-state index is 13.6. The highest BCUT2D eigenvalue weighted by Crippen LogP contribution is 2.14. The zero-order valence-electron chi connectivity index (χ0n) is 18.2. The highest BCUT2D eigenvalue weighted by Gasteiger charge is 2.24. The summed E-state index contributed by atoms with van der Waals surface area (Å²) in [7, 11) is 0. The summed E-state index contributed by atoms with van der Waals surface area (Å²) in [5, 5.41) is 3.52. The summed E-state index contributed by atoms with van der Waals surface area (Å²) in [6.07, 6.45) is 1.61. The summed E-state index contributed by atoms with van der Waals surface area (Å²) in [5.74, 6) is -1.99. The van der Waals surface area contributed by atoms with Crippen molar-refractivity contribution in [2.45, 2.75) is 38.5 Å². The van der Waals surface area contributed by atoms with Crippen molar-refractivity contribution in [3.05, 3.63) is 99.8 Å². The van der Waals surface area contributed by atoms with Crippen molar-refractivity contribution in [2.75, 3.05) is 6.54 Å². The molecule has 0 spiro atoms. The van der Waals surface area contributed by atoms with Crippen LogP contribution < -0.4 is 11.1 Å². The molecule has 2 unspecified atom stereocenters. The lowest BCUT2D eigenvalue weighted by Crippen LogP contribution is -2.46. The van der Waals surface area contributed by atoms with Crippen molar-refractivity contribution < 1.29 is 18.3 Å². The van der Waals surface area contributed by atoms with Gasteiger partial charge in [-0.25, -0.2) is 18.6 Å². The monoisotopic (exact) mass is 473 g/mol. The SMILES string of the molecule is CCc1cccc(CNCC(OC(=O)c2ccc(Cl)nc2)C(N)Cc2cc(F)cc(F)c2)c1. The molecule has 174 valence electrons. The van der Waals surface area contributed by atoms with Crippen molar-refractivity contribution in [1.82, 2.24) is 10.3 Å². The minimum atomic E-state index is -0.756. The van der Waals surface area contributed by atoms with Crippen molar-refractivity contribution >= 4 is 17.6 Å². The summed E-state index contributed by atoms with van der Waals surface area (Å²) in [6, 6.07) is 13.7. The van der Waals surface area contributed by atoms with Crippen LogP contribution in [-0.4, -0.2) is 29.6 Å². The first-order valence-corrected chi connectivity index (χ1v) is 11.0. The number of pyridine rings is 1. The molecule has 0 saturated heterocycles. The molecule has 3 aromatic rings. The van der Waals surface area contributed by atoms with Gasteiger partial charge < -0.3 is 15.8 Å². The number of nitrogens with zero attached hydrogens (tertiary/aromatic N) is 1. The van der Waals surface area contributed by atoms with Crippen LogP contribution in [-0.2, 0) is 24.1 Å². The molecule has 0 aliphatic heterocycles. The van der Waals surface area contributed by atoms with E-state index in [1.165, 1.54) is 36.0 Å². The van der Waals surface area contributed by atoms with Crippen molar-refractivity contribution in [3.63, 3.8) is 0 Å². The fourth-order valence-electron chi connectivity index (χ4n) is 3.43. The van der Waals surface area contributed by atoms with E-state index in [0.717, 1.165) is 18.1 Å². The smallest absolute Gasteiger partial charge is 0.340 e. The number of esters is 1. The normalized spacial score (nSPS) is 12.9. The number of benzene rings is 2. The molecule has 0 amide bonds. The fourth-order valence-corrected chi connectivity index (χ4v) is 3.55. The van der Waals surface area contributed by atoms with Gasteiger partial charge in [-0.15, -0.1) is 0 Å². The Bertz CT molecular complexity index is 1060. The van der Waals surface area contributed by atoms with Crippen LogP contribution in [0, 0.1) is 11.6 Å². The number of halogens is 3. The van der Waals surface area contributed by atoms with Crippen LogP contribution in [0.1, 0.15) is 34.0 Å². The summed E-state index contributed by atoms with van der Waals surface area (Å²) in [5.41, 5.74) is 9.24. The lowest BCUT2D eigenvalue weighted by molar-refractivity contribution is 0.0237. The third-order valence-electron chi connectivity index (χ3n) is 5.17. The molecule has 8 heteroatoms. The molecule has 1 aromatic heterocycles. The highest BCUT2D eigenvalue weighted by atomic mass is 35.5. The average molecular weight is 474 g/mol. The molecule has 2 aromatic carbocycles. The number of carbonyl (C=O) groups excluding carboxylic acids is 1. The van der Waals surface area contributed by atoms with E-state index in [4.69, 9.17) is 22.1 Å². The minimum Gasteiger partial charge on any atom is -0.456 e. The predicted molar refractivity (Wildman–Crippen MR) is 124 cm³/mol. The molecule has 3 rings (SSSR count). The molecule has 1 heterocycles. The molecule has 0 saturated carbocycles. The Hall–Kier alpha value is -2.87. The van der Waals surface area contributed by atoms with Crippen molar-refractivity contribution in [1.29, 1.82) is 0 Å². The molecule has 5 nitrogen and oxygen atoms in total. The predicted octanol–water partition coefficient (Wildman–Crippen LogP) is 4.46. The van der Waals surface area contributed by atoms with Gasteiger partial charge in [0.15, 0.2) is 0 Å². The summed E-state index contributed by atoms with van der Waals surface area (Å²) >= 11 is 5.78. The number of rotatable bonds is 10. The van der Waals surface area contributed by atoms with E-state index in [1.807, 2.05) is 12.1 Å². The number of hydrogen-bond acceptors (Lipinski definition) is 5. The number of nitrogens with one attached hydrogen (secondary N) is 1. The van der Waals surface area contributed by atoms with E-state index in [0.29, 0.717) is 12.1 Å². The number of aryl methyl sites for hydroxylation is 1. The zero-order chi connectivity index (χ0) is 23.8. The lowest BCUT2D eigenvalue weighted by atomic mass is 10.0. The van der Waals surface area contributed by atoms with Gasteiger partial charge >= 0.3 is 5.97 Å². The Balaban J connectivity index is 1.70. The van der Waals surface area contributed by atoms with E-state index in [2.05, 4.69) is 29.4 Å². The Morgan fingerprint density at radius 3 is 2.48 bits per heavy atom. The van der Waals surface area contributed by atoms with Crippen LogP contribution >= 0.6 is 11.6 Å². The number of ether oxygens (including phenoxy) is 1. The van der Waals surface area contributed by atoms with Crippen molar-refractivity contribution in [3.8, 4) is 0 Å². The molecule has 0 aliphatic rings. The number of aromatic nitrogens is 1. The Kier molecular flexibility index (Phi) is 8.88. The average Bonchev–Trinajstić information content (AvgIpc) is 2.78.